The van der Waals surface area contributed by atoms with E-state index in [0.717, 1.165) is 5.56 Å². The Bertz CT molecular complexity index is 317. The minimum absolute atomic E-state index is 0.261. The topological polar surface area (TPSA) is 57.5 Å². The maximum atomic E-state index is 10.2. The fourth-order valence-corrected chi connectivity index (χ4v) is 1.03. The summed E-state index contributed by atoms with van der Waals surface area (Å²) in [5, 5.41) is 17.6. The highest BCUT2D eigenvalue weighted by Gasteiger charge is 2.04. The smallest absolute Gasteiger partial charge is 0.306 e. The number of rotatable bonds is 4. The van der Waals surface area contributed by atoms with Crippen LogP contribution in [0.25, 0.3) is 6.08 Å². The number of carbonyl (C=O) groups is 1. The Labute approximate surface area is 82.3 Å². The summed E-state index contributed by atoms with van der Waals surface area (Å²) in [6.07, 6.45) is 1.99. The first kappa shape index (κ1) is 10.5. The number of aliphatic hydroxyl groups is 1. The Morgan fingerprint density at radius 1 is 1.36 bits per heavy atom. The lowest BCUT2D eigenvalue weighted by molar-refractivity contribution is -0.138. The van der Waals surface area contributed by atoms with E-state index < -0.39 is 12.1 Å². The maximum absolute atomic E-state index is 10.2. The molecule has 0 aromatic heterocycles. The van der Waals surface area contributed by atoms with E-state index in [2.05, 4.69) is 0 Å². The van der Waals surface area contributed by atoms with Crippen molar-refractivity contribution in [3.8, 4) is 0 Å². The van der Waals surface area contributed by atoms with Crippen LogP contribution in [-0.2, 0) is 4.79 Å². The van der Waals surface area contributed by atoms with Crippen LogP contribution in [0.2, 0.25) is 0 Å². The van der Waals surface area contributed by atoms with Crippen molar-refractivity contribution in [1.29, 1.82) is 0 Å². The van der Waals surface area contributed by atoms with Gasteiger partial charge in [0.1, 0.15) is 0 Å². The molecule has 2 N–H and O–H groups in total. The lowest BCUT2D eigenvalue weighted by Crippen LogP contribution is -2.09. The van der Waals surface area contributed by atoms with Crippen LogP contribution in [0.3, 0.4) is 0 Å². The first-order valence-corrected chi connectivity index (χ1v) is 4.31. The van der Waals surface area contributed by atoms with E-state index in [0.29, 0.717) is 0 Å². The molecule has 0 saturated heterocycles. The van der Waals surface area contributed by atoms with Crippen LogP contribution in [0.5, 0.6) is 0 Å². The number of aliphatic carboxylic acids is 1. The van der Waals surface area contributed by atoms with Gasteiger partial charge in [-0.15, -0.1) is 0 Å². The van der Waals surface area contributed by atoms with Crippen molar-refractivity contribution in [2.75, 3.05) is 0 Å². The van der Waals surface area contributed by atoms with Crippen molar-refractivity contribution in [3.05, 3.63) is 42.0 Å². The van der Waals surface area contributed by atoms with Crippen molar-refractivity contribution >= 4 is 12.0 Å². The molecule has 0 amide bonds. The monoisotopic (exact) mass is 192 g/mol. The molecule has 14 heavy (non-hydrogen) atoms. The molecule has 3 nitrogen and oxygen atoms in total. The Kier molecular flexibility index (Phi) is 3.88. The molecule has 0 heterocycles. The van der Waals surface area contributed by atoms with Gasteiger partial charge in [0, 0.05) is 0 Å². The van der Waals surface area contributed by atoms with Gasteiger partial charge in [-0.25, -0.2) is 0 Å². The molecule has 74 valence electrons. The number of carboxylic acid groups (broad SMARTS) is 1. The zero-order valence-corrected chi connectivity index (χ0v) is 7.63. The van der Waals surface area contributed by atoms with E-state index in [1.165, 1.54) is 6.08 Å². The molecule has 1 rings (SSSR count). The number of hydrogen-bond donors (Lipinski definition) is 2. The fourth-order valence-electron chi connectivity index (χ4n) is 1.03. The maximum Gasteiger partial charge on any atom is 0.306 e. The van der Waals surface area contributed by atoms with Crippen molar-refractivity contribution in [2.45, 2.75) is 12.5 Å². The Hall–Kier alpha value is -1.61. The Balaban J connectivity index is 2.52. The van der Waals surface area contributed by atoms with Crippen molar-refractivity contribution < 1.29 is 15.0 Å². The average molecular weight is 192 g/mol. The highest BCUT2D eigenvalue weighted by atomic mass is 16.4. The lowest BCUT2D eigenvalue weighted by atomic mass is 10.1. The van der Waals surface area contributed by atoms with E-state index in [4.69, 9.17) is 5.11 Å². The quantitative estimate of drug-likeness (QED) is 0.760. The second kappa shape index (κ2) is 5.19. The predicted octanol–water partition coefficient (Wildman–Crippen LogP) is 1.54. The summed E-state index contributed by atoms with van der Waals surface area (Å²) < 4.78 is 0. The summed E-state index contributed by atoms with van der Waals surface area (Å²) in [7, 11) is 0. The van der Waals surface area contributed by atoms with Gasteiger partial charge in [-0.05, 0) is 5.56 Å². The van der Waals surface area contributed by atoms with Gasteiger partial charge >= 0.3 is 5.97 Å². The standard InChI is InChI=1S/C11H12O3/c12-10(8-11(13)14)7-6-9-4-2-1-3-5-9/h1-7,10,12H,8H2,(H,13,14)/b7-6+/t10-/m0/s1. The third-order valence-corrected chi connectivity index (χ3v) is 1.69. The van der Waals surface area contributed by atoms with Crippen molar-refractivity contribution in [1.82, 2.24) is 0 Å². The van der Waals surface area contributed by atoms with Gasteiger partial charge in [-0.2, -0.15) is 0 Å². The summed E-state index contributed by atoms with van der Waals surface area (Å²) in [4.78, 5) is 10.2. The molecular weight excluding hydrogens is 180 g/mol. The van der Waals surface area contributed by atoms with Crippen LogP contribution < -0.4 is 0 Å². The SMILES string of the molecule is O=C(O)C[C@@H](O)/C=C/c1ccccc1. The largest absolute Gasteiger partial charge is 0.481 e. The third kappa shape index (κ3) is 3.87. The molecule has 0 aliphatic carbocycles. The van der Waals surface area contributed by atoms with Crippen LogP contribution in [0.15, 0.2) is 36.4 Å². The van der Waals surface area contributed by atoms with Crippen LogP contribution in [-0.4, -0.2) is 22.3 Å². The summed E-state index contributed by atoms with van der Waals surface area (Å²) in [6.45, 7) is 0. The van der Waals surface area contributed by atoms with Crippen LogP contribution >= 0.6 is 0 Å². The minimum atomic E-state index is -1.00. The zero-order chi connectivity index (χ0) is 10.4. The molecule has 0 unspecified atom stereocenters. The number of hydrogen-bond acceptors (Lipinski definition) is 2. The summed E-state index contributed by atoms with van der Waals surface area (Å²) in [5.41, 5.74) is 0.942. The minimum Gasteiger partial charge on any atom is -0.481 e. The Morgan fingerprint density at radius 2 is 2.00 bits per heavy atom. The molecule has 0 aliphatic rings. The van der Waals surface area contributed by atoms with E-state index in [-0.39, 0.29) is 6.42 Å². The van der Waals surface area contributed by atoms with Gasteiger partial charge in [0.15, 0.2) is 0 Å². The van der Waals surface area contributed by atoms with Gasteiger partial charge in [0.25, 0.3) is 0 Å². The normalized spacial score (nSPS) is 12.9. The fraction of sp³-hybridized carbons (Fsp3) is 0.182. The second-order valence-electron chi connectivity index (χ2n) is 2.94. The van der Waals surface area contributed by atoms with Crippen LogP contribution in [0, 0.1) is 0 Å². The van der Waals surface area contributed by atoms with E-state index >= 15 is 0 Å². The average Bonchev–Trinajstić information content (AvgIpc) is 2.15. The van der Waals surface area contributed by atoms with Gasteiger partial charge < -0.3 is 10.2 Å². The van der Waals surface area contributed by atoms with Gasteiger partial charge in [-0.3, -0.25) is 4.79 Å². The van der Waals surface area contributed by atoms with E-state index in [1.54, 1.807) is 6.08 Å². The lowest BCUT2D eigenvalue weighted by Gasteiger charge is -1.99. The van der Waals surface area contributed by atoms with Gasteiger partial charge in [-0.1, -0.05) is 42.5 Å². The summed E-state index contributed by atoms with van der Waals surface area (Å²) in [6, 6.07) is 9.41. The molecule has 0 saturated carbocycles. The van der Waals surface area contributed by atoms with Crippen LogP contribution in [0.4, 0.5) is 0 Å². The van der Waals surface area contributed by atoms with Crippen molar-refractivity contribution in [2.24, 2.45) is 0 Å². The second-order valence-corrected chi connectivity index (χ2v) is 2.94. The molecule has 0 spiro atoms. The van der Waals surface area contributed by atoms with Gasteiger partial charge in [0.2, 0.25) is 0 Å². The van der Waals surface area contributed by atoms with E-state index in [9.17, 15) is 9.90 Å². The molecule has 0 radical (unpaired) electrons. The van der Waals surface area contributed by atoms with Crippen LogP contribution in [0.1, 0.15) is 12.0 Å². The third-order valence-electron chi connectivity index (χ3n) is 1.69. The molecule has 0 fully saturated rings. The predicted molar refractivity (Wildman–Crippen MR) is 53.7 cm³/mol. The number of carboxylic acids is 1. The highest BCUT2D eigenvalue weighted by Crippen LogP contribution is 2.03. The molecule has 0 bridgehead atoms. The van der Waals surface area contributed by atoms with Gasteiger partial charge in [0.05, 0.1) is 12.5 Å². The molecule has 3 heteroatoms. The number of aliphatic hydroxyl groups excluding tert-OH is 1. The molecule has 1 aromatic carbocycles. The first-order valence-electron chi connectivity index (χ1n) is 4.31. The molecule has 0 aliphatic heterocycles. The molecule has 1 atom stereocenters. The zero-order valence-electron chi connectivity index (χ0n) is 7.63. The highest BCUT2D eigenvalue weighted by molar-refractivity contribution is 5.68. The summed E-state index contributed by atoms with van der Waals surface area (Å²) in [5.74, 6) is -1.00. The van der Waals surface area contributed by atoms with Crippen molar-refractivity contribution in [3.63, 3.8) is 0 Å². The molecule has 1 aromatic rings. The van der Waals surface area contributed by atoms with E-state index in [1.807, 2.05) is 30.3 Å². The Morgan fingerprint density at radius 3 is 2.57 bits per heavy atom. The first-order chi connectivity index (χ1) is 6.68. The summed E-state index contributed by atoms with van der Waals surface area (Å²) >= 11 is 0. The molecular formula is C11H12O3. The number of benzene rings is 1.